The Kier molecular flexibility index (Phi) is 7.37. The Morgan fingerprint density at radius 3 is 2.41 bits per heavy atom. The van der Waals surface area contributed by atoms with Gasteiger partial charge in [0.2, 0.25) is 11.8 Å². The van der Waals surface area contributed by atoms with Crippen LogP contribution in [0.15, 0.2) is 24.3 Å². The normalized spacial score (nSPS) is 17.7. The lowest BCUT2D eigenvalue weighted by Gasteiger charge is -2.16. The third kappa shape index (κ3) is 5.08. The van der Waals surface area contributed by atoms with Crippen LogP contribution in [-0.2, 0) is 23.9 Å². The van der Waals surface area contributed by atoms with Gasteiger partial charge >= 0.3 is 11.9 Å². The number of anilines is 1. The molecule has 0 saturated carbocycles. The molecule has 146 valence electrons. The van der Waals surface area contributed by atoms with E-state index in [1.54, 1.807) is 13.8 Å². The molecule has 1 saturated heterocycles. The first-order valence-electron chi connectivity index (χ1n) is 8.56. The van der Waals surface area contributed by atoms with Crippen molar-refractivity contribution in [3.8, 4) is 0 Å². The number of amides is 2. The Balaban J connectivity index is 2.01. The minimum atomic E-state index is -0.851. The summed E-state index contributed by atoms with van der Waals surface area (Å²) in [5.74, 6) is -1.54. The highest BCUT2D eigenvalue weighted by molar-refractivity contribution is 8.00. The molecular weight excluding hydrogens is 372 g/mol. The van der Waals surface area contributed by atoms with Gasteiger partial charge < -0.3 is 15.2 Å². The molecule has 0 aliphatic carbocycles. The Morgan fingerprint density at radius 1 is 1.19 bits per heavy atom. The lowest BCUT2D eigenvalue weighted by Crippen LogP contribution is -2.36. The zero-order valence-corrected chi connectivity index (χ0v) is 16.0. The first-order chi connectivity index (χ1) is 12.9. The SMILES string of the molecule is CCOC(=O)c1ccc(N2C(=O)CC(SC[C@H](N)C(=O)OCC)C2=O)cc1. The van der Waals surface area contributed by atoms with Crippen molar-refractivity contribution in [1.29, 1.82) is 0 Å². The van der Waals surface area contributed by atoms with E-state index in [0.29, 0.717) is 11.3 Å². The monoisotopic (exact) mass is 394 g/mol. The summed E-state index contributed by atoms with van der Waals surface area (Å²) in [6.45, 7) is 3.88. The van der Waals surface area contributed by atoms with Gasteiger partial charge in [0.1, 0.15) is 6.04 Å². The topological polar surface area (TPSA) is 116 Å². The maximum absolute atomic E-state index is 12.6. The van der Waals surface area contributed by atoms with Gasteiger partial charge in [0.15, 0.2) is 0 Å². The minimum Gasteiger partial charge on any atom is -0.465 e. The molecule has 1 unspecified atom stereocenters. The second kappa shape index (κ2) is 9.52. The molecule has 0 spiro atoms. The lowest BCUT2D eigenvalue weighted by atomic mass is 10.2. The van der Waals surface area contributed by atoms with Crippen LogP contribution in [0.3, 0.4) is 0 Å². The number of ether oxygens (including phenoxy) is 2. The third-order valence-corrected chi connectivity index (χ3v) is 5.13. The van der Waals surface area contributed by atoms with Crippen molar-refractivity contribution >= 4 is 41.2 Å². The van der Waals surface area contributed by atoms with Gasteiger partial charge in [0, 0.05) is 12.2 Å². The van der Waals surface area contributed by atoms with Crippen LogP contribution in [0.4, 0.5) is 5.69 Å². The fourth-order valence-corrected chi connectivity index (χ4v) is 3.59. The molecule has 1 heterocycles. The van der Waals surface area contributed by atoms with Crippen molar-refractivity contribution in [1.82, 2.24) is 0 Å². The number of nitrogens with two attached hydrogens (primary N) is 1. The highest BCUT2D eigenvalue weighted by atomic mass is 32.2. The predicted molar refractivity (Wildman–Crippen MR) is 100 cm³/mol. The van der Waals surface area contributed by atoms with Gasteiger partial charge in [-0.3, -0.25) is 14.4 Å². The molecule has 1 aliphatic heterocycles. The molecule has 2 N–H and O–H groups in total. The maximum Gasteiger partial charge on any atom is 0.338 e. The molecule has 1 aliphatic rings. The molecule has 1 fully saturated rings. The fourth-order valence-electron chi connectivity index (χ4n) is 2.50. The van der Waals surface area contributed by atoms with Crippen LogP contribution in [0.5, 0.6) is 0 Å². The molecule has 0 bridgehead atoms. The summed E-state index contributed by atoms with van der Waals surface area (Å²) in [5, 5.41) is -0.609. The number of esters is 2. The number of carbonyl (C=O) groups is 4. The first kappa shape index (κ1) is 20.9. The second-order valence-corrected chi connectivity index (χ2v) is 6.96. The van der Waals surface area contributed by atoms with Crippen molar-refractivity contribution in [2.45, 2.75) is 31.6 Å². The molecule has 1 aromatic rings. The van der Waals surface area contributed by atoms with E-state index in [9.17, 15) is 19.2 Å². The largest absolute Gasteiger partial charge is 0.465 e. The van der Waals surface area contributed by atoms with E-state index >= 15 is 0 Å². The number of benzene rings is 1. The van der Waals surface area contributed by atoms with Gasteiger partial charge in [-0.2, -0.15) is 0 Å². The summed E-state index contributed by atoms with van der Waals surface area (Å²) in [4.78, 5) is 49.2. The van der Waals surface area contributed by atoms with Crippen molar-refractivity contribution in [3.05, 3.63) is 29.8 Å². The highest BCUT2D eigenvalue weighted by Gasteiger charge is 2.40. The van der Waals surface area contributed by atoms with Crippen LogP contribution in [0.2, 0.25) is 0 Å². The predicted octanol–water partition coefficient (Wildman–Crippen LogP) is 1.12. The number of carbonyl (C=O) groups excluding carboxylic acids is 4. The zero-order chi connectivity index (χ0) is 20.0. The molecule has 2 amide bonds. The molecule has 27 heavy (non-hydrogen) atoms. The van der Waals surface area contributed by atoms with Crippen molar-refractivity contribution < 1.29 is 28.7 Å². The molecule has 0 aromatic heterocycles. The fraction of sp³-hybridized carbons (Fsp3) is 0.444. The third-order valence-electron chi connectivity index (χ3n) is 3.81. The quantitative estimate of drug-likeness (QED) is 0.515. The van der Waals surface area contributed by atoms with Crippen LogP contribution in [-0.4, -0.2) is 54.0 Å². The number of hydrogen-bond donors (Lipinski definition) is 1. The summed E-state index contributed by atoms with van der Waals surface area (Å²) in [6, 6.07) is 5.21. The standard InChI is InChI=1S/C18H22N2O6S/c1-3-25-17(23)11-5-7-12(8-6-11)20-15(21)9-14(16(20)22)27-10-13(19)18(24)26-4-2/h5-8,13-14H,3-4,9-10,19H2,1-2H3/t13-,14?/m0/s1. The number of thioether (sulfide) groups is 1. The minimum absolute atomic E-state index is 0.0265. The van der Waals surface area contributed by atoms with Crippen LogP contribution < -0.4 is 10.6 Å². The molecule has 2 atom stereocenters. The van der Waals surface area contributed by atoms with E-state index in [-0.39, 0.29) is 37.2 Å². The summed E-state index contributed by atoms with van der Waals surface area (Å²) in [5.41, 5.74) is 6.45. The molecule has 1 aromatic carbocycles. The Bertz CT molecular complexity index is 721. The Morgan fingerprint density at radius 2 is 1.81 bits per heavy atom. The Hall–Kier alpha value is -2.39. The average molecular weight is 394 g/mol. The van der Waals surface area contributed by atoms with E-state index in [1.807, 2.05) is 0 Å². The van der Waals surface area contributed by atoms with E-state index in [4.69, 9.17) is 15.2 Å². The van der Waals surface area contributed by atoms with Gasteiger partial charge in [-0.1, -0.05) is 0 Å². The molecule has 0 radical (unpaired) electrons. The van der Waals surface area contributed by atoms with Crippen molar-refractivity contribution in [2.75, 3.05) is 23.9 Å². The Labute approximate surface area is 161 Å². The number of nitrogens with zero attached hydrogens (tertiary/aromatic N) is 1. The molecular formula is C18H22N2O6S. The van der Waals surface area contributed by atoms with E-state index < -0.39 is 23.2 Å². The highest BCUT2D eigenvalue weighted by Crippen LogP contribution is 2.30. The summed E-state index contributed by atoms with van der Waals surface area (Å²) in [6.07, 6.45) is 0.0265. The molecule has 2 rings (SSSR count). The number of hydrogen-bond acceptors (Lipinski definition) is 8. The van der Waals surface area contributed by atoms with E-state index in [0.717, 1.165) is 16.7 Å². The smallest absolute Gasteiger partial charge is 0.338 e. The average Bonchev–Trinajstić information content (AvgIpc) is 2.93. The van der Waals surface area contributed by atoms with Crippen molar-refractivity contribution in [3.63, 3.8) is 0 Å². The second-order valence-electron chi connectivity index (χ2n) is 5.72. The number of imide groups is 1. The van der Waals surface area contributed by atoms with Crippen LogP contribution in [0.25, 0.3) is 0 Å². The van der Waals surface area contributed by atoms with E-state index in [1.165, 1.54) is 24.3 Å². The van der Waals surface area contributed by atoms with Gasteiger partial charge in [0.25, 0.3) is 0 Å². The molecule has 8 nitrogen and oxygen atoms in total. The van der Waals surface area contributed by atoms with Gasteiger partial charge in [-0.05, 0) is 38.1 Å². The maximum atomic E-state index is 12.6. The van der Waals surface area contributed by atoms with Crippen molar-refractivity contribution in [2.24, 2.45) is 5.73 Å². The van der Waals surface area contributed by atoms with Crippen LogP contribution in [0.1, 0.15) is 30.6 Å². The van der Waals surface area contributed by atoms with E-state index in [2.05, 4.69) is 0 Å². The number of rotatable bonds is 8. The van der Waals surface area contributed by atoms with Gasteiger partial charge in [-0.25, -0.2) is 9.69 Å². The lowest BCUT2D eigenvalue weighted by molar-refractivity contribution is -0.144. The molecule has 9 heteroatoms. The summed E-state index contributed by atoms with van der Waals surface area (Å²) >= 11 is 1.16. The zero-order valence-electron chi connectivity index (χ0n) is 15.2. The summed E-state index contributed by atoms with van der Waals surface area (Å²) in [7, 11) is 0. The summed E-state index contributed by atoms with van der Waals surface area (Å²) < 4.78 is 9.73. The van der Waals surface area contributed by atoms with Gasteiger partial charge in [0.05, 0.1) is 29.7 Å². The van der Waals surface area contributed by atoms with Gasteiger partial charge in [-0.15, -0.1) is 11.8 Å². The first-order valence-corrected chi connectivity index (χ1v) is 9.61. The van der Waals surface area contributed by atoms with Crippen LogP contribution >= 0.6 is 11.8 Å². The van der Waals surface area contributed by atoms with Crippen LogP contribution in [0, 0.1) is 0 Å².